The number of rotatable bonds is 11. The number of nitrogens with two attached hydrogens (primary N) is 1. The van der Waals surface area contributed by atoms with Crippen LogP contribution < -0.4 is 16.4 Å². The van der Waals surface area contributed by atoms with Gasteiger partial charge in [-0.3, -0.25) is 9.59 Å². The average molecular weight is 639 g/mol. The first kappa shape index (κ1) is 31.5. The molecule has 3 aromatic carbocycles. The second kappa shape index (κ2) is 14.7. The number of aliphatic hydroxyl groups is 1. The topological polar surface area (TPSA) is 141 Å². The Balaban J connectivity index is 1.22. The van der Waals surface area contributed by atoms with Gasteiger partial charge in [-0.05, 0) is 41.8 Å². The standard InChI is InChI=1S/C32H33Cl2N5O5/c33-30-31(34)39(19-36-30)17-24-16-27(21-13-11-20(18-40)12-14-21)44-32(43-24)22-5-3-6-23(15-22)37-28(41)9-4-10-29(42)38-26-8-2-1-7-25(26)35/h1-3,5-8,11-15,19,24,27,32,40H,4,9-10,16-18,35H2,(H,37,41)(H,38,42)/t24-,27+,32+/m1/s1. The van der Waals surface area contributed by atoms with Gasteiger partial charge in [0.25, 0.3) is 0 Å². The first-order valence-electron chi connectivity index (χ1n) is 14.2. The summed E-state index contributed by atoms with van der Waals surface area (Å²) in [6.07, 6.45) is 1.50. The number of nitrogens with one attached hydrogen (secondary N) is 2. The van der Waals surface area contributed by atoms with Gasteiger partial charge in [0.1, 0.15) is 5.15 Å². The summed E-state index contributed by atoms with van der Waals surface area (Å²) in [6.45, 7) is 0.360. The van der Waals surface area contributed by atoms with Crippen molar-refractivity contribution >= 4 is 52.1 Å². The van der Waals surface area contributed by atoms with Gasteiger partial charge >= 0.3 is 0 Å². The highest BCUT2D eigenvalue weighted by Gasteiger charge is 2.33. The Hall–Kier alpha value is -3.93. The number of hydrogen-bond donors (Lipinski definition) is 4. The van der Waals surface area contributed by atoms with Crippen molar-refractivity contribution in [3.63, 3.8) is 0 Å². The number of carbonyl (C=O) groups excluding carboxylic acids is 2. The number of aliphatic hydroxyl groups excluding tert-OH is 1. The van der Waals surface area contributed by atoms with Gasteiger partial charge in [-0.1, -0.05) is 71.7 Å². The normalized spacial score (nSPS) is 18.1. The molecule has 12 heteroatoms. The first-order valence-corrected chi connectivity index (χ1v) is 15.0. The van der Waals surface area contributed by atoms with E-state index in [1.165, 1.54) is 0 Å². The Bertz CT molecular complexity index is 1600. The zero-order valence-electron chi connectivity index (χ0n) is 23.8. The Morgan fingerprint density at radius 2 is 1.70 bits per heavy atom. The summed E-state index contributed by atoms with van der Waals surface area (Å²) in [4.78, 5) is 29.1. The number of hydrogen-bond acceptors (Lipinski definition) is 7. The van der Waals surface area contributed by atoms with E-state index >= 15 is 0 Å². The molecule has 2 heterocycles. The highest BCUT2D eigenvalue weighted by Crippen LogP contribution is 2.39. The summed E-state index contributed by atoms with van der Waals surface area (Å²) in [5, 5.41) is 15.7. The lowest BCUT2D eigenvalue weighted by Crippen LogP contribution is -2.32. The van der Waals surface area contributed by atoms with Crippen LogP contribution in [0.4, 0.5) is 17.1 Å². The maximum Gasteiger partial charge on any atom is 0.224 e. The largest absolute Gasteiger partial charge is 0.397 e. The van der Waals surface area contributed by atoms with E-state index in [2.05, 4.69) is 15.6 Å². The maximum absolute atomic E-state index is 12.7. The van der Waals surface area contributed by atoms with Gasteiger partial charge in [0.05, 0.1) is 43.1 Å². The van der Waals surface area contributed by atoms with E-state index in [0.717, 1.165) is 16.7 Å². The third-order valence-electron chi connectivity index (χ3n) is 7.23. The maximum atomic E-state index is 12.7. The van der Waals surface area contributed by atoms with Crippen molar-refractivity contribution in [3.8, 4) is 0 Å². The van der Waals surface area contributed by atoms with E-state index in [1.54, 1.807) is 41.2 Å². The summed E-state index contributed by atoms with van der Waals surface area (Å²) < 4.78 is 14.5. The van der Waals surface area contributed by atoms with Crippen molar-refractivity contribution in [2.45, 2.75) is 57.3 Å². The van der Waals surface area contributed by atoms with Crippen molar-refractivity contribution in [1.82, 2.24) is 9.55 Å². The molecular weight excluding hydrogens is 605 g/mol. The van der Waals surface area contributed by atoms with Crippen LogP contribution in [0.2, 0.25) is 10.3 Å². The molecule has 0 radical (unpaired) electrons. The van der Waals surface area contributed by atoms with Crippen molar-refractivity contribution < 1.29 is 24.2 Å². The second-order valence-electron chi connectivity index (χ2n) is 10.5. The molecule has 10 nitrogen and oxygen atoms in total. The molecule has 230 valence electrons. The minimum Gasteiger partial charge on any atom is -0.397 e. The molecule has 1 aliphatic heterocycles. The van der Waals surface area contributed by atoms with Crippen LogP contribution in [-0.4, -0.2) is 32.6 Å². The van der Waals surface area contributed by atoms with Crippen molar-refractivity contribution in [2.24, 2.45) is 0 Å². The van der Waals surface area contributed by atoms with E-state index in [4.69, 9.17) is 38.4 Å². The molecule has 3 atom stereocenters. The number of aromatic nitrogens is 2. The number of amides is 2. The molecule has 1 aliphatic rings. The zero-order chi connectivity index (χ0) is 31.1. The Labute approximate surface area is 265 Å². The van der Waals surface area contributed by atoms with E-state index in [-0.39, 0.29) is 48.6 Å². The molecule has 2 amide bonds. The second-order valence-corrected chi connectivity index (χ2v) is 11.2. The minimum absolute atomic E-state index is 0.0470. The van der Waals surface area contributed by atoms with Gasteiger partial charge in [-0.2, -0.15) is 0 Å². The molecular formula is C32H33Cl2N5O5. The molecule has 1 fully saturated rings. The van der Waals surface area contributed by atoms with E-state index in [0.29, 0.717) is 41.6 Å². The zero-order valence-corrected chi connectivity index (χ0v) is 25.3. The summed E-state index contributed by atoms with van der Waals surface area (Å²) in [5.41, 5.74) is 9.96. The predicted octanol–water partition coefficient (Wildman–Crippen LogP) is 6.26. The van der Waals surface area contributed by atoms with Gasteiger partial charge in [0, 0.05) is 30.5 Å². The number of halogens is 2. The van der Waals surface area contributed by atoms with Crippen LogP contribution in [0.5, 0.6) is 0 Å². The third kappa shape index (κ3) is 8.16. The third-order valence-corrected chi connectivity index (χ3v) is 8.00. The molecule has 1 saturated heterocycles. The van der Waals surface area contributed by atoms with Crippen LogP contribution >= 0.6 is 23.2 Å². The molecule has 0 saturated carbocycles. The lowest BCUT2D eigenvalue weighted by atomic mass is 10.00. The van der Waals surface area contributed by atoms with E-state index in [1.807, 2.05) is 42.5 Å². The number of benzene rings is 3. The van der Waals surface area contributed by atoms with Gasteiger partial charge in [0.2, 0.25) is 11.8 Å². The molecule has 0 bridgehead atoms. The van der Waals surface area contributed by atoms with Gasteiger partial charge in [-0.15, -0.1) is 0 Å². The molecule has 0 spiro atoms. The lowest BCUT2D eigenvalue weighted by Gasteiger charge is -2.36. The summed E-state index contributed by atoms with van der Waals surface area (Å²) in [5.74, 6) is -0.426. The molecule has 1 aromatic heterocycles. The minimum atomic E-state index is -0.736. The highest BCUT2D eigenvalue weighted by atomic mass is 35.5. The first-order chi connectivity index (χ1) is 21.3. The molecule has 5 N–H and O–H groups in total. The number of anilines is 3. The molecule has 0 aliphatic carbocycles. The van der Waals surface area contributed by atoms with Crippen LogP contribution in [-0.2, 0) is 32.2 Å². The Kier molecular flexibility index (Phi) is 10.5. The van der Waals surface area contributed by atoms with Gasteiger partial charge in [-0.25, -0.2) is 4.98 Å². The van der Waals surface area contributed by atoms with Crippen LogP contribution in [0.15, 0.2) is 79.1 Å². The summed E-state index contributed by atoms with van der Waals surface area (Å²) >= 11 is 12.4. The number of para-hydroxylation sites is 2. The van der Waals surface area contributed by atoms with E-state index in [9.17, 15) is 14.7 Å². The van der Waals surface area contributed by atoms with Crippen molar-refractivity contribution in [1.29, 1.82) is 0 Å². The summed E-state index contributed by atoms with van der Waals surface area (Å²) in [7, 11) is 0. The Morgan fingerprint density at radius 3 is 2.41 bits per heavy atom. The fourth-order valence-corrected chi connectivity index (χ4v) is 5.26. The average Bonchev–Trinajstić information content (AvgIpc) is 3.34. The smallest absolute Gasteiger partial charge is 0.224 e. The number of nitrogen functional groups attached to an aromatic ring is 1. The quantitative estimate of drug-likeness (QED) is 0.142. The fourth-order valence-electron chi connectivity index (χ4n) is 4.94. The van der Waals surface area contributed by atoms with Crippen LogP contribution in [0.1, 0.15) is 54.8 Å². The monoisotopic (exact) mass is 637 g/mol. The lowest BCUT2D eigenvalue weighted by molar-refractivity contribution is -0.252. The van der Waals surface area contributed by atoms with Crippen molar-refractivity contribution in [2.75, 3.05) is 16.4 Å². The van der Waals surface area contributed by atoms with E-state index < -0.39 is 6.29 Å². The van der Waals surface area contributed by atoms with Crippen LogP contribution in [0, 0.1) is 0 Å². The number of carbonyl (C=O) groups is 2. The van der Waals surface area contributed by atoms with Gasteiger partial charge < -0.3 is 35.5 Å². The number of nitrogens with zero attached hydrogens (tertiary/aromatic N) is 2. The molecule has 5 rings (SSSR count). The molecule has 44 heavy (non-hydrogen) atoms. The Morgan fingerprint density at radius 1 is 0.955 bits per heavy atom. The fraction of sp³-hybridized carbons (Fsp3) is 0.281. The number of imidazole rings is 1. The SMILES string of the molecule is Nc1ccccc1NC(=O)CCCC(=O)Nc1cccc([C@H]2O[C@@H](Cn3cnc(Cl)c3Cl)C[C@@H](c3ccc(CO)cc3)O2)c1. The number of ether oxygens (including phenoxy) is 2. The molecule has 0 unspecified atom stereocenters. The van der Waals surface area contributed by atoms with Crippen LogP contribution in [0.25, 0.3) is 0 Å². The van der Waals surface area contributed by atoms with Crippen molar-refractivity contribution in [3.05, 3.63) is 106 Å². The van der Waals surface area contributed by atoms with Crippen LogP contribution in [0.3, 0.4) is 0 Å². The molecule has 4 aromatic rings. The highest BCUT2D eigenvalue weighted by molar-refractivity contribution is 6.40. The van der Waals surface area contributed by atoms with Gasteiger partial charge in [0.15, 0.2) is 11.4 Å². The predicted molar refractivity (Wildman–Crippen MR) is 169 cm³/mol. The summed E-state index contributed by atoms with van der Waals surface area (Å²) in [6, 6.07) is 21.9.